The molecule has 0 aliphatic carbocycles. The summed E-state index contributed by atoms with van der Waals surface area (Å²) >= 11 is 0. The smallest absolute Gasteiger partial charge is 0.338 e. The number of esters is 2. The quantitative estimate of drug-likeness (QED) is 0.719. The van der Waals surface area contributed by atoms with Gasteiger partial charge in [0.15, 0.2) is 6.61 Å². The van der Waals surface area contributed by atoms with Gasteiger partial charge in [-0.15, -0.1) is 0 Å². The Morgan fingerprint density at radius 3 is 2.26 bits per heavy atom. The van der Waals surface area contributed by atoms with Gasteiger partial charge in [-0.3, -0.25) is 4.79 Å². The Bertz CT molecular complexity index is 766. The van der Waals surface area contributed by atoms with Crippen LogP contribution in [0.25, 0.3) is 5.69 Å². The molecule has 1 atom stereocenters. The zero-order valence-corrected chi connectivity index (χ0v) is 15.7. The highest BCUT2D eigenvalue weighted by atomic mass is 16.5. The second kappa shape index (κ2) is 9.56. The summed E-state index contributed by atoms with van der Waals surface area (Å²) in [5.74, 6) is -1.49. The van der Waals surface area contributed by atoms with Gasteiger partial charge in [0.2, 0.25) is 0 Å². The minimum absolute atomic E-state index is 0.191. The van der Waals surface area contributed by atoms with Gasteiger partial charge in [0.25, 0.3) is 5.91 Å². The van der Waals surface area contributed by atoms with Crippen LogP contribution in [0, 0.1) is 5.92 Å². The van der Waals surface area contributed by atoms with Crippen molar-refractivity contribution in [2.24, 2.45) is 5.92 Å². The molecule has 0 saturated carbocycles. The van der Waals surface area contributed by atoms with E-state index in [4.69, 9.17) is 4.74 Å². The molecule has 0 fully saturated rings. The Balaban J connectivity index is 1.88. The van der Waals surface area contributed by atoms with E-state index in [2.05, 4.69) is 10.1 Å². The molecule has 1 N–H and O–H groups in total. The maximum atomic E-state index is 12.1. The highest BCUT2D eigenvalue weighted by Crippen LogP contribution is 2.11. The molecule has 0 spiro atoms. The van der Waals surface area contributed by atoms with Crippen molar-refractivity contribution in [2.45, 2.75) is 26.3 Å². The maximum absolute atomic E-state index is 12.1. The van der Waals surface area contributed by atoms with Gasteiger partial charge in [-0.25, -0.2) is 9.59 Å². The van der Waals surface area contributed by atoms with Gasteiger partial charge in [0, 0.05) is 18.1 Å². The van der Waals surface area contributed by atoms with Crippen LogP contribution in [0.3, 0.4) is 0 Å². The lowest BCUT2D eigenvalue weighted by atomic mass is 10.0. The van der Waals surface area contributed by atoms with Crippen LogP contribution in [0.2, 0.25) is 0 Å². The van der Waals surface area contributed by atoms with E-state index in [1.54, 1.807) is 24.3 Å². The van der Waals surface area contributed by atoms with Crippen molar-refractivity contribution < 1.29 is 23.9 Å². The van der Waals surface area contributed by atoms with Gasteiger partial charge in [0.05, 0.1) is 12.7 Å². The van der Waals surface area contributed by atoms with Crippen LogP contribution in [0.5, 0.6) is 0 Å². The van der Waals surface area contributed by atoms with Gasteiger partial charge in [0.1, 0.15) is 6.04 Å². The molecule has 0 radical (unpaired) electrons. The second-order valence-electron chi connectivity index (χ2n) is 6.49. The number of rotatable bonds is 8. The fraction of sp³-hybridized carbons (Fsp3) is 0.350. The van der Waals surface area contributed by atoms with Crippen molar-refractivity contribution in [2.75, 3.05) is 13.7 Å². The molecule has 144 valence electrons. The van der Waals surface area contributed by atoms with E-state index in [-0.39, 0.29) is 5.92 Å². The number of nitrogens with one attached hydrogen (secondary N) is 1. The lowest BCUT2D eigenvalue weighted by molar-refractivity contribution is -0.145. The maximum Gasteiger partial charge on any atom is 0.338 e. The van der Waals surface area contributed by atoms with Crippen LogP contribution >= 0.6 is 0 Å². The number of hydrogen-bond acceptors (Lipinski definition) is 5. The van der Waals surface area contributed by atoms with Crippen molar-refractivity contribution in [1.29, 1.82) is 0 Å². The van der Waals surface area contributed by atoms with Gasteiger partial charge in [-0.2, -0.15) is 0 Å². The second-order valence-corrected chi connectivity index (χ2v) is 6.49. The number of nitrogens with zero attached hydrogens (tertiary/aromatic N) is 1. The predicted molar refractivity (Wildman–Crippen MR) is 99.5 cm³/mol. The SMILES string of the molecule is COC(=O)[C@@H](CC(C)C)NC(=O)COC(=O)c1ccc(-n2cccc2)cc1. The van der Waals surface area contributed by atoms with Gasteiger partial charge < -0.3 is 19.4 Å². The van der Waals surface area contributed by atoms with E-state index in [1.807, 2.05) is 42.9 Å². The normalized spacial score (nSPS) is 11.7. The van der Waals surface area contributed by atoms with Crippen LogP contribution in [0.4, 0.5) is 0 Å². The first kappa shape index (κ1) is 20.2. The Labute approximate surface area is 158 Å². The van der Waals surface area contributed by atoms with Crippen molar-refractivity contribution in [3.63, 3.8) is 0 Å². The molecular formula is C20H24N2O5. The largest absolute Gasteiger partial charge is 0.467 e. The average Bonchev–Trinajstić information content (AvgIpc) is 3.19. The fourth-order valence-electron chi connectivity index (χ4n) is 2.55. The predicted octanol–water partition coefficient (Wildman–Crippen LogP) is 2.34. The summed E-state index contributed by atoms with van der Waals surface area (Å²) in [7, 11) is 1.26. The Morgan fingerprint density at radius 2 is 1.70 bits per heavy atom. The van der Waals surface area contributed by atoms with Crippen LogP contribution in [-0.2, 0) is 19.1 Å². The van der Waals surface area contributed by atoms with E-state index in [1.165, 1.54) is 7.11 Å². The molecule has 27 heavy (non-hydrogen) atoms. The van der Waals surface area contributed by atoms with Gasteiger partial charge >= 0.3 is 11.9 Å². The summed E-state index contributed by atoms with van der Waals surface area (Å²) in [4.78, 5) is 35.8. The number of benzene rings is 1. The van der Waals surface area contributed by atoms with Crippen molar-refractivity contribution in [1.82, 2.24) is 9.88 Å². The highest BCUT2D eigenvalue weighted by molar-refractivity contribution is 5.92. The molecule has 0 aliphatic rings. The van der Waals surface area contributed by atoms with Crippen molar-refractivity contribution >= 4 is 17.8 Å². The first-order valence-corrected chi connectivity index (χ1v) is 8.68. The third-order valence-electron chi connectivity index (χ3n) is 3.87. The number of methoxy groups -OCH3 is 1. The third-order valence-corrected chi connectivity index (χ3v) is 3.87. The first-order chi connectivity index (χ1) is 12.9. The lowest BCUT2D eigenvalue weighted by Gasteiger charge is -2.18. The molecule has 2 aromatic rings. The summed E-state index contributed by atoms with van der Waals surface area (Å²) < 4.78 is 11.6. The Morgan fingerprint density at radius 1 is 1.07 bits per heavy atom. The zero-order chi connectivity index (χ0) is 19.8. The number of hydrogen-bond donors (Lipinski definition) is 1. The average molecular weight is 372 g/mol. The molecular weight excluding hydrogens is 348 g/mol. The molecule has 2 rings (SSSR count). The van der Waals surface area contributed by atoms with Gasteiger partial charge in [-0.1, -0.05) is 13.8 Å². The summed E-state index contributed by atoms with van der Waals surface area (Å²) in [6.07, 6.45) is 4.23. The Kier molecular flexibility index (Phi) is 7.16. The number of aromatic nitrogens is 1. The van der Waals surface area contributed by atoms with E-state index in [0.29, 0.717) is 12.0 Å². The standard InChI is InChI=1S/C20H24N2O5/c1-14(2)12-17(20(25)26-3)21-18(23)13-27-19(24)15-6-8-16(9-7-15)22-10-4-5-11-22/h4-11,14,17H,12-13H2,1-3H3,(H,21,23)/t17-/m1/s1. The lowest BCUT2D eigenvalue weighted by Crippen LogP contribution is -2.44. The molecule has 0 aliphatic heterocycles. The summed E-state index contributed by atoms with van der Waals surface area (Å²) in [5, 5.41) is 2.54. The van der Waals surface area contributed by atoms with Crippen LogP contribution in [0.15, 0.2) is 48.8 Å². The van der Waals surface area contributed by atoms with Crippen molar-refractivity contribution in [3.8, 4) is 5.69 Å². The molecule has 1 aromatic carbocycles. The fourth-order valence-corrected chi connectivity index (χ4v) is 2.55. The minimum Gasteiger partial charge on any atom is -0.467 e. The van der Waals surface area contributed by atoms with E-state index in [0.717, 1.165) is 5.69 Å². The molecule has 0 bridgehead atoms. The number of carbonyl (C=O) groups is 3. The highest BCUT2D eigenvalue weighted by Gasteiger charge is 2.23. The van der Waals surface area contributed by atoms with E-state index in [9.17, 15) is 14.4 Å². The summed E-state index contributed by atoms with van der Waals surface area (Å²) in [5.41, 5.74) is 1.24. The summed E-state index contributed by atoms with van der Waals surface area (Å²) in [6, 6.07) is 9.88. The van der Waals surface area contributed by atoms with E-state index < -0.39 is 30.5 Å². The van der Waals surface area contributed by atoms with Gasteiger partial charge in [-0.05, 0) is 48.7 Å². The topological polar surface area (TPSA) is 86.6 Å². The molecule has 7 heteroatoms. The monoisotopic (exact) mass is 372 g/mol. The Hall–Kier alpha value is -3.09. The van der Waals surface area contributed by atoms with Crippen molar-refractivity contribution in [3.05, 3.63) is 54.4 Å². The third kappa shape index (κ3) is 5.99. The molecule has 1 amide bonds. The van der Waals surface area contributed by atoms with Crippen LogP contribution < -0.4 is 5.32 Å². The molecule has 0 unspecified atom stereocenters. The number of carbonyl (C=O) groups excluding carboxylic acids is 3. The molecule has 7 nitrogen and oxygen atoms in total. The first-order valence-electron chi connectivity index (χ1n) is 8.68. The minimum atomic E-state index is -0.762. The number of amides is 1. The van der Waals surface area contributed by atoms with Crippen LogP contribution in [-0.4, -0.2) is 42.2 Å². The molecule has 1 heterocycles. The zero-order valence-electron chi connectivity index (χ0n) is 15.7. The summed E-state index contributed by atoms with van der Waals surface area (Å²) in [6.45, 7) is 3.39. The number of ether oxygens (including phenoxy) is 2. The molecule has 0 saturated heterocycles. The molecule has 1 aromatic heterocycles. The van der Waals surface area contributed by atoms with E-state index >= 15 is 0 Å². The van der Waals surface area contributed by atoms with Crippen LogP contribution in [0.1, 0.15) is 30.6 Å².